The summed E-state index contributed by atoms with van der Waals surface area (Å²) in [6.45, 7) is 0. The molecule has 8 nitrogen and oxygen atoms in total. The second kappa shape index (κ2) is 6.00. The third-order valence-corrected chi connectivity index (χ3v) is 5.23. The third-order valence-electron chi connectivity index (χ3n) is 3.86. The zero-order valence-electron chi connectivity index (χ0n) is 13.2. The van der Waals surface area contributed by atoms with Crippen LogP contribution in [0.3, 0.4) is 0 Å². The predicted octanol–water partition coefficient (Wildman–Crippen LogP) is 3.23. The van der Waals surface area contributed by atoms with Gasteiger partial charge >= 0.3 is 0 Å². The molecule has 0 radical (unpaired) electrons. The van der Waals surface area contributed by atoms with E-state index in [-0.39, 0.29) is 5.75 Å². The summed E-state index contributed by atoms with van der Waals surface area (Å²) in [4.78, 5) is 0.720. The maximum atomic E-state index is 9.39. The third kappa shape index (κ3) is 2.74. The topological polar surface area (TPSA) is 101 Å². The van der Waals surface area contributed by atoms with Crippen LogP contribution in [0.4, 0.5) is 10.8 Å². The molecule has 0 saturated heterocycles. The average Bonchev–Trinajstić information content (AvgIpc) is 3.34. The molecule has 0 bridgehead atoms. The molecule has 10 heteroatoms. The number of aromatic nitrogens is 6. The largest absolute Gasteiger partial charge is 0.508 e. The first-order valence-corrected chi connectivity index (χ1v) is 9.28. The van der Waals surface area contributed by atoms with Crippen LogP contribution < -0.4 is 5.32 Å². The van der Waals surface area contributed by atoms with E-state index in [9.17, 15) is 5.11 Å². The summed E-state index contributed by atoms with van der Waals surface area (Å²) in [7, 11) is 0. The van der Waals surface area contributed by atoms with E-state index in [0.717, 1.165) is 38.2 Å². The van der Waals surface area contributed by atoms with E-state index >= 15 is 0 Å². The highest BCUT2D eigenvalue weighted by Crippen LogP contribution is 2.25. The fourth-order valence-corrected chi connectivity index (χ4v) is 3.89. The van der Waals surface area contributed by atoms with E-state index in [1.807, 2.05) is 30.3 Å². The number of nitrogens with one attached hydrogen (secondary N) is 1. The number of hydrogen-bond acceptors (Lipinski definition) is 9. The quantitative estimate of drug-likeness (QED) is 0.493. The van der Waals surface area contributed by atoms with Crippen molar-refractivity contribution >= 4 is 49.9 Å². The van der Waals surface area contributed by atoms with Crippen molar-refractivity contribution in [2.75, 3.05) is 5.32 Å². The fraction of sp³-hybridized carbons (Fsp3) is 0.0625. The molecule has 0 amide bonds. The molecule has 0 aliphatic heterocycles. The van der Waals surface area contributed by atoms with Crippen molar-refractivity contribution in [3.8, 4) is 5.75 Å². The summed E-state index contributed by atoms with van der Waals surface area (Å²) in [6, 6.07) is 12.9. The molecule has 0 fully saturated rings. The second-order valence-corrected chi connectivity index (χ2v) is 7.14. The zero-order chi connectivity index (χ0) is 17.5. The van der Waals surface area contributed by atoms with Gasteiger partial charge in [0.05, 0.1) is 11.7 Å². The van der Waals surface area contributed by atoms with Gasteiger partial charge in [-0.1, -0.05) is 23.5 Å². The maximum absolute atomic E-state index is 9.39. The van der Waals surface area contributed by atoms with Crippen LogP contribution in [0.25, 0.3) is 16.0 Å². The van der Waals surface area contributed by atoms with Crippen molar-refractivity contribution < 1.29 is 5.11 Å². The number of anilines is 2. The Hall–Kier alpha value is -3.11. The highest BCUT2D eigenvalue weighted by atomic mass is 32.1. The summed E-state index contributed by atoms with van der Waals surface area (Å²) < 4.78 is 10.2. The summed E-state index contributed by atoms with van der Waals surface area (Å²) in [5.41, 5.74) is 3.67. The Balaban J connectivity index is 1.42. The Morgan fingerprint density at radius 2 is 1.85 bits per heavy atom. The molecule has 2 aromatic carbocycles. The monoisotopic (exact) mass is 381 g/mol. The van der Waals surface area contributed by atoms with Crippen LogP contribution in [0.15, 0.2) is 42.5 Å². The minimum Gasteiger partial charge on any atom is -0.508 e. The summed E-state index contributed by atoms with van der Waals surface area (Å²) >= 11 is 2.63. The molecule has 0 unspecified atom stereocenters. The molecule has 128 valence electrons. The van der Waals surface area contributed by atoms with Crippen molar-refractivity contribution in [1.82, 2.24) is 28.6 Å². The standard InChI is InChI=1S/C16H11N7OS2/c24-11-4-1-9(2-5-11)7-14-18-19-16-23(14)20-15(25-16)17-10-3-6-12-13(8-10)22-26-21-12/h1-6,8,24H,7H2,(H,17,20). The van der Waals surface area contributed by atoms with Gasteiger partial charge in [0, 0.05) is 12.1 Å². The van der Waals surface area contributed by atoms with Gasteiger partial charge in [-0.05, 0) is 35.9 Å². The first kappa shape index (κ1) is 15.2. The SMILES string of the molecule is Oc1ccc(Cc2nnc3sc(Nc4ccc5nsnc5c4)nn23)cc1. The zero-order valence-corrected chi connectivity index (χ0v) is 14.8. The summed E-state index contributed by atoms with van der Waals surface area (Å²) in [5, 5.41) is 26.4. The lowest BCUT2D eigenvalue weighted by atomic mass is 10.1. The Labute approximate surface area is 155 Å². The lowest BCUT2D eigenvalue weighted by molar-refractivity contribution is 0.475. The molecule has 0 saturated carbocycles. The van der Waals surface area contributed by atoms with Crippen LogP contribution in [0.1, 0.15) is 11.4 Å². The second-order valence-electron chi connectivity index (χ2n) is 5.65. The first-order chi connectivity index (χ1) is 12.7. The van der Waals surface area contributed by atoms with Crippen molar-refractivity contribution in [1.29, 1.82) is 0 Å². The van der Waals surface area contributed by atoms with Crippen molar-refractivity contribution in [2.24, 2.45) is 0 Å². The van der Waals surface area contributed by atoms with E-state index in [1.54, 1.807) is 16.6 Å². The molecule has 0 spiro atoms. The molecule has 5 aromatic rings. The average molecular weight is 381 g/mol. The van der Waals surface area contributed by atoms with Crippen LogP contribution >= 0.6 is 23.1 Å². The smallest absolute Gasteiger partial charge is 0.236 e. The van der Waals surface area contributed by atoms with Crippen LogP contribution in [-0.4, -0.2) is 33.7 Å². The Bertz CT molecular complexity index is 1210. The van der Waals surface area contributed by atoms with Gasteiger partial charge in [0.1, 0.15) is 16.8 Å². The number of fused-ring (bicyclic) bond motifs is 2. The fourth-order valence-electron chi connectivity index (χ4n) is 2.60. The van der Waals surface area contributed by atoms with Gasteiger partial charge in [0.2, 0.25) is 10.1 Å². The number of benzene rings is 2. The normalized spacial score (nSPS) is 11.4. The number of rotatable bonds is 4. The van der Waals surface area contributed by atoms with E-state index < -0.39 is 0 Å². The molecule has 26 heavy (non-hydrogen) atoms. The number of phenols is 1. The first-order valence-electron chi connectivity index (χ1n) is 7.73. The van der Waals surface area contributed by atoms with Gasteiger partial charge in [0.15, 0.2) is 5.82 Å². The minimum absolute atomic E-state index is 0.243. The molecule has 3 aromatic heterocycles. The van der Waals surface area contributed by atoms with Gasteiger partial charge in [-0.25, -0.2) is 0 Å². The van der Waals surface area contributed by atoms with Gasteiger partial charge < -0.3 is 10.4 Å². The molecule has 3 heterocycles. The summed E-state index contributed by atoms with van der Waals surface area (Å²) in [5.74, 6) is 0.988. The van der Waals surface area contributed by atoms with E-state index in [1.165, 1.54) is 23.1 Å². The van der Waals surface area contributed by atoms with E-state index in [2.05, 4.69) is 29.4 Å². The molecule has 0 atom stereocenters. The number of phenolic OH excluding ortho intramolecular Hbond substituents is 1. The molecular weight excluding hydrogens is 370 g/mol. The molecular formula is C16H11N7OS2. The van der Waals surface area contributed by atoms with Gasteiger partial charge in [-0.15, -0.1) is 15.3 Å². The molecule has 2 N–H and O–H groups in total. The molecule has 0 aliphatic rings. The van der Waals surface area contributed by atoms with Crippen LogP contribution in [0, 0.1) is 0 Å². The van der Waals surface area contributed by atoms with Crippen molar-refractivity contribution in [3.05, 3.63) is 53.9 Å². The Morgan fingerprint density at radius 1 is 1.00 bits per heavy atom. The van der Waals surface area contributed by atoms with Gasteiger partial charge in [-0.3, -0.25) is 0 Å². The number of hydrogen-bond donors (Lipinski definition) is 2. The maximum Gasteiger partial charge on any atom is 0.236 e. The van der Waals surface area contributed by atoms with Crippen LogP contribution in [0.5, 0.6) is 5.75 Å². The van der Waals surface area contributed by atoms with Crippen LogP contribution in [0.2, 0.25) is 0 Å². The Kier molecular flexibility index (Phi) is 3.50. The minimum atomic E-state index is 0.243. The van der Waals surface area contributed by atoms with Gasteiger partial charge in [-0.2, -0.15) is 13.3 Å². The highest BCUT2D eigenvalue weighted by molar-refractivity contribution is 7.20. The van der Waals surface area contributed by atoms with Crippen LogP contribution in [-0.2, 0) is 6.42 Å². The summed E-state index contributed by atoms with van der Waals surface area (Å²) in [6.07, 6.45) is 0.584. The van der Waals surface area contributed by atoms with Crippen molar-refractivity contribution in [3.63, 3.8) is 0 Å². The predicted molar refractivity (Wildman–Crippen MR) is 100 cm³/mol. The molecule has 5 rings (SSSR count). The number of nitrogens with zero attached hydrogens (tertiary/aromatic N) is 6. The van der Waals surface area contributed by atoms with E-state index in [4.69, 9.17) is 0 Å². The lowest BCUT2D eigenvalue weighted by Crippen LogP contribution is -1.98. The highest BCUT2D eigenvalue weighted by Gasteiger charge is 2.13. The molecule has 0 aliphatic carbocycles. The van der Waals surface area contributed by atoms with Crippen molar-refractivity contribution in [2.45, 2.75) is 6.42 Å². The lowest BCUT2D eigenvalue weighted by Gasteiger charge is -2.01. The Morgan fingerprint density at radius 3 is 2.73 bits per heavy atom. The van der Waals surface area contributed by atoms with Gasteiger partial charge in [0.25, 0.3) is 0 Å². The number of aromatic hydroxyl groups is 1. The van der Waals surface area contributed by atoms with E-state index in [0.29, 0.717) is 6.42 Å².